The highest BCUT2D eigenvalue weighted by Crippen LogP contribution is 2.09. The zero-order chi connectivity index (χ0) is 14.6. The predicted octanol–water partition coefficient (Wildman–Crippen LogP) is 1.65. The number of rotatable bonds is 11. The molecule has 0 bridgehead atoms. The van der Waals surface area contributed by atoms with Gasteiger partial charge < -0.3 is 19.5 Å². The molecule has 0 radical (unpaired) electrons. The SMILES string of the molecule is CCCNc1cc(COC)nc(CCOCCOC)n1. The number of hydrogen-bond acceptors (Lipinski definition) is 6. The van der Waals surface area contributed by atoms with Gasteiger partial charge in [-0.15, -0.1) is 0 Å². The molecule has 1 heterocycles. The van der Waals surface area contributed by atoms with E-state index in [1.807, 2.05) is 6.07 Å². The summed E-state index contributed by atoms with van der Waals surface area (Å²) in [5.41, 5.74) is 0.882. The molecule has 0 atom stereocenters. The molecular weight excluding hydrogens is 258 g/mol. The Bertz CT molecular complexity index is 375. The Morgan fingerprint density at radius 3 is 2.65 bits per heavy atom. The Morgan fingerprint density at radius 2 is 1.95 bits per heavy atom. The second-order valence-electron chi connectivity index (χ2n) is 4.38. The second kappa shape index (κ2) is 10.5. The van der Waals surface area contributed by atoms with Gasteiger partial charge in [-0.1, -0.05) is 6.92 Å². The molecule has 0 aliphatic heterocycles. The van der Waals surface area contributed by atoms with Crippen molar-refractivity contribution in [2.75, 3.05) is 45.9 Å². The maximum atomic E-state index is 5.44. The van der Waals surface area contributed by atoms with Crippen LogP contribution in [0.5, 0.6) is 0 Å². The van der Waals surface area contributed by atoms with Gasteiger partial charge in [-0.05, 0) is 6.42 Å². The molecule has 0 aliphatic carbocycles. The van der Waals surface area contributed by atoms with E-state index in [1.54, 1.807) is 14.2 Å². The molecule has 6 nitrogen and oxygen atoms in total. The number of nitrogens with one attached hydrogen (secondary N) is 1. The maximum Gasteiger partial charge on any atom is 0.133 e. The lowest BCUT2D eigenvalue weighted by Crippen LogP contribution is -2.11. The minimum Gasteiger partial charge on any atom is -0.382 e. The molecule has 0 fully saturated rings. The summed E-state index contributed by atoms with van der Waals surface area (Å²) in [6, 6.07) is 1.93. The molecule has 0 aromatic carbocycles. The first-order chi connectivity index (χ1) is 9.80. The van der Waals surface area contributed by atoms with Crippen molar-refractivity contribution < 1.29 is 14.2 Å². The average molecular weight is 283 g/mol. The zero-order valence-electron chi connectivity index (χ0n) is 12.6. The largest absolute Gasteiger partial charge is 0.382 e. The van der Waals surface area contributed by atoms with Crippen molar-refractivity contribution in [2.24, 2.45) is 0 Å². The number of methoxy groups -OCH3 is 2. The Morgan fingerprint density at radius 1 is 1.10 bits per heavy atom. The van der Waals surface area contributed by atoms with Gasteiger partial charge in [-0.3, -0.25) is 0 Å². The van der Waals surface area contributed by atoms with E-state index in [-0.39, 0.29) is 0 Å². The second-order valence-corrected chi connectivity index (χ2v) is 4.38. The van der Waals surface area contributed by atoms with Crippen molar-refractivity contribution in [2.45, 2.75) is 26.4 Å². The van der Waals surface area contributed by atoms with E-state index in [0.717, 1.165) is 30.3 Å². The minimum absolute atomic E-state index is 0.487. The lowest BCUT2D eigenvalue weighted by molar-refractivity contribution is 0.0716. The summed E-state index contributed by atoms with van der Waals surface area (Å²) < 4.78 is 15.5. The predicted molar refractivity (Wildman–Crippen MR) is 77.9 cm³/mol. The van der Waals surface area contributed by atoms with E-state index >= 15 is 0 Å². The molecule has 114 valence electrons. The Kier molecular flexibility index (Phi) is 8.86. The van der Waals surface area contributed by atoms with Crippen LogP contribution in [0.25, 0.3) is 0 Å². The van der Waals surface area contributed by atoms with Crippen LogP contribution in [-0.2, 0) is 27.2 Å². The molecule has 0 saturated carbocycles. The first kappa shape index (κ1) is 16.8. The van der Waals surface area contributed by atoms with Gasteiger partial charge in [0.25, 0.3) is 0 Å². The van der Waals surface area contributed by atoms with Gasteiger partial charge in [0.2, 0.25) is 0 Å². The molecule has 0 amide bonds. The smallest absolute Gasteiger partial charge is 0.133 e. The lowest BCUT2D eigenvalue weighted by atomic mass is 10.3. The first-order valence-corrected chi connectivity index (χ1v) is 6.96. The van der Waals surface area contributed by atoms with Crippen LogP contribution in [0.4, 0.5) is 5.82 Å². The Hall–Kier alpha value is -1.24. The van der Waals surface area contributed by atoms with Gasteiger partial charge in [0.1, 0.15) is 11.6 Å². The van der Waals surface area contributed by atoms with Gasteiger partial charge in [0.05, 0.1) is 32.1 Å². The highest BCUT2D eigenvalue weighted by Gasteiger charge is 2.05. The fraction of sp³-hybridized carbons (Fsp3) is 0.714. The molecule has 0 saturated heterocycles. The van der Waals surface area contributed by atoms with Crippen LogP contribution < -0.4 is 5.32 Å². The van der Waals surface area contributed by atoms with Crippen LogP contribution in [0.2, 0.25) is 0 Å². The van der Waals surface area contributed by atoms with Crippen LogP contribution in [-0.4, -0.2) is 50.6 Å². The van der Waals surface area contributed by atoms with Gasteiger partial charge in [0, 0.05) is 33.3 Å². The van der Waals surface area contributed by atoms with E-state index in [0.29, 0.717) is 32.8 Å². The summed E-state index contributed by atoms with van der Waals surface area (Å²) in [6.07, 6.45) is 1.74. The summed E-state index contributed by atoms with van der Waals surface area (Å²) in [5.74, 6) is 1.62. The summed E-state index contributed by atoms with van der Waals surface area (Å²) in [7, 11) is 3.32. The highest BCUT2D eigenvalue weighted by molar-refractivity contribution is 5.35. The number of hydrogen-bond donors (Lipinski definition) is 1. The van der Waals surface area contributed by atoms with E-state index in [1.165, 1.54) is 0 Å². The van der Waals surface area contributed by atoms with Crippen LogP contribution in [0.1, 0.15) is 24.9 Å². The molecule has 1 aromatic rings. The molecule has 0 aliphatic rings. The van der Waals surface area contributed by atoms with Crippen LogP contribution in [0.3, 0.4) is 0 Å². The summed E-state index contributed by atoms with van der Waals surface area (Å²) >= 11 is 0. The Balaban J connectivity index is 2.55. The number of anilines is 1. The monoisotopic (exact) mass is 283 g/mol. The van der Waals surface area contributed by atoms with Crippen molar-refractivity contribution in [3.05, 3.63) is 17.6 Å². The third kappa shape index (κ3) is 6.79. The molecular formula is C14H25N3O3. The number of aromatic nitrogens is 2. The van der Waals surface area contributed by atoms with Crippen LogP contribution in [0.15, 0.2) is 6.07 Å². The molecule has 6 heteroatoms. The third-order valence-corrected chi connectivity index (χ3v) is 2.58. The molecule has 0 spiro atoms. The van der Waals surface area contributed by atoms with Gasteiger partial charge in [-0.2, -0.15) is 0 Å². The quantitative estimate of drug-likeness (QED) is 0.623. The standard InChI is InChI=1S/C14H25N3O3/c1-4-6-15-14-10-12(11-19-3)16-13(17-14)5-7-20-9-8-18-2/h10H,4-9,11H2,1-3H3,(H,15,16,17). The van der Waals surface area contributed by atoms with Gasteiger partial charge in [-0.25, -0.2) is 9.97 Å². The van der Waals surface area contributed by atoms with Crippen LogP contribution in [0, 0.1) is 0 Å². The summed E-state index contributed by atoms with van der Waals surface area (Å²) in [4.78, 5) is 8.94. The molecule has 1 N–H and O–H groups in total. The Labute approximate surface area is 120 Å². The molecule has 0 unspecified atom stereocenters. The van der Waals surface area contributed by atoms with E-state index < -0.39 is 0 Å². The summed E-state index contributed by atoms with van der Waals surface area (Å²) in [6.45, 7) is 5.29. The molecule has 20 heavy (non-hydrogen) atoms. The van der Waals surface area contributed by atoms with E-state index in [9.17, 15) is 0 Å². The van der Waals surface area contributed by atoms with Crippen LogP contribution >= 0.6 is 0 Å². The maximum absolute atomic E-state index is 5.44. The van der Waals surface area contributed by atoms with E-state index in [4.69, 9.17) is 14.2 Å². The summed E-state index contributed by atoms with van der Waals surface area (Å²) in [5, 5.41) is 3.28. The van der Waals surface area contributed by atoms with Crippen molar-refractivity contribution in [3.8, 4) is 0 Å². The highest BCUT2D eigenvalue weighted by atomic mass is 16.5. The van der Waals surface area contributed by atoms with E-state index in [2.05, 4.69) is 22.2 Å². The van der Waals surface area contributed by atoms with Gasteiger partial charge in [0.15, 0.2) is 0 Å². The lowest BCUT2D eigenvalue weighted by Gasteiger charge is -2.09. The fourth-order valence-electron chi connectivity index (χ4n) is 1.64. The van der Waals surface area contributed by atoms with Crippen molar-refractivity contribution in [1.29, 1.82) is 0 Å². The number of ether oxygens (including phenoxy) is 3. The molecule has 1 rings (SSSR count). The first-order valence-electron chi connectivity index (χ1n) is 6.96. The normalized spacial score (nSPS) is 10.8. The molecule has 1 aromatic heterocycles. The van der Waals surface area contributed by atoms with Gasteiger partial charge >= 0.3 is 0 Å². The van der Waals surface area contributed by atoms with Crippen molar-refractivity contribution >= 4 is 5.82 Å². The topological polar surface area (TPSA) is 65.5 Å². The van der Waals surface area contributed by atoms with Crippen molar-refractivity contribution in [1.82, 2.24) is 9.97 Å². The minimum atomic E-state index is 0.487. The fourth-order valence-corrected chi connectivity index (χ4v) is 1.64. The third-order valence-electron chi connectivity index (χ3n) is 2.58. The van der Waals surface area contributed by atoms with Crippen molar-refractivity contribution in [3.63, 3.8) is 0 Å². The average Bonchev–Trinajstić information content (AvgIpc) is 2.45. The zero-order valence-corrected chi connectivity index (χ0v) is 12.6. The number of nitrogens with zero attached hydrogens (tertiary/aromatic N) is 2.